The predicted octanol–water partition coefficient (Wildman–Crippen LogP) is 3.85. The second kappa shape index (κ2) is 9.98. The monoisotopic (exact) mass is 407 g/mol. The highest BCUT2D eigenvalue weighted by Gasteiger charge is 2.25. The molecular weight excluding hydrogens is 381 g/mol. The zero-order valence-corrected chi connectivity index (χ0v) is 17.0. The average Bonchev–Trinajstić information content (AvgIpc) is 2.68. The molecule has 0 atom stereocenters. The molecule has 146 valence electrons. The first-order chi connectivity index (χ1) is 12.3. The summed E-state index contributed by atoms with van der Waals surface area (Å²) in [5, 5.41) is 3.42. The third-order valence-corrected chi connectivity index (χ3v) is 5.23. The molecule has 0 unspecified atom stereocenters. The molecule has 2 aromatic carbocycles. The minimum Gasteiger partial charge on any atom is -0.385 e. The second-order valence-corrected chi connectivity index (χ2v) is 6.92. The number of nitrogens with one attached hydrogen (secondary N) is 1. The smallest absolute Gasteiger partial charge is 0.254 e. The Labute approximate surface area is 173 Å². The third-order valence-electron chi connectivity index (χ3n) is 5.23. The van der Waals surface area contributed by atoms with Gasteiger partial charge in [-0.05, 0) is 36.1 Å². The van der Waals surface area contributed by atoms with Crippen LogP contribution in [-0.4, -0.2) is 48.4 Å². The van der Waals surface area contributed by atoms with Crippen LogP contribution < -0.4 is 5.32 Å². The molecule has 4 rings (SSSR count). The van der Waals surface area contributed by atoms with E-state index in [0.29, 0.717) is 0 Å². The van der Waals surface area contributed by atoms with Crippen molar-refractivity contribution in [1.29, 1.82) is 0 Å². The lowest BCUT2D eigenvalue weighted by Gasteiger charge is -2.35. The second-order valence-electron chi connectivity index (χ2n) is 6.92. The minimum atomic E-state index is 0. The number of carbonyl (C=O) groups is 1. The van der Waals surface area contributed by atoms with E-state index in [4.69, 9.17) is 0 Å². The summed E-state index contributed by atoms with van der Waals surface area (Å²) >= 11 is 0. The molecule has 1 N–H and O–H groups in total. The Morgan fingerprint density at radius 3 is 2.41 bits per heavy atom. The van der Waals surface area contributed by atoms with Crippen LogP contribution in [-0.2, 0) is 13.0 Å². The van der Waals surface area contributed by atoms with Crippen molar-refractivity contribution in [3.63, 3.8) is 0 Å². The fraction of sp³-hybridized carbons (Fsp3) is 0.381. The van der Waals surface area contributed by atoms with E-state index < -0.39 is 0 Å². The topological polar surface area (TPSA) is 35.6 Å². The van der Waals surface area contributed by atoms with Crippen LogP contribution >= 0.6 is 24.8 Å². The van der Waals surface area contributed by atoms with Gasteiger partial charge in [-0.2, -0.15) is 0 Å². The van der Waals surface area contributed by atoms with Gasteiger partial charge < -0.3 is 10.2 Å². The van der Waals surface area contributed by atoms with Crippen molar-refractivity contribution < 1.29 is 4.79 Å². The molecule has 0 aromatic heterocycles. The number of piperazine rings is 1. The first kappa shape index (κ1) is 21.5. The van der Waals surface area contributed by atoms with Crippen molar-refractivity contribution in [2.45, 2.75) is 19.4 Å². The van der Waals surface area contributed by atoms with Crippen LogP contribution in [0.5, 0.6) is 0 Å². The van der Waals surface area contributed by atoms with Crippen LogP contribution in [0, 0.1) is 0 Å². The number of nitrogens with zero attached hydrogens (tertiary/aromatic N) is 2. The van der Waals surface area contributed by atoms with Crippen LogP contribution in [0.3, 0.4) is 0 Å². The van der Waals surface area contributed by atoms with Crippen molar-refractivity contribution in [3.8, 4) is 0 Å². The molecule has 6 heteroatoms. The van der Waals surface area contributed by atoms with Gasteiger partial charge in [0, 0.05) is 50.5 Å². The van der Waals surface area contributed by atoms with E-state index in [1.54, 1.807) is 0 Å². The van der Waals surface area contributed by atoms with Gasteiger partial charge in [-0.15, -0.1) is 24.8 Å². The maximum atomic E-state index is 13.0. The molecule has 27 heavy (non-hydrogen) atoms. The fourth-order valence-electron chi connectivity index (χ4n) is 3.83. The SMILES string of the molecule is Cl.Cl.O=C(c1cccc2c1CCCN2)N1CCN(Cc2ccccc2)CC1. The molecule has 0 aliphatic carbocycles. The molecule has 2 aliphatic heterocycles. The quantitative estimate of drug-likeness (QED) is 0.838. The van der Waals surface area contributed by atoms with Crippen LogP contribution in [0.15, 0.2) is 48.5 Å². The minimum absolute atomic E-state index is 0. The van der Waals surface area contributed by atoms with Gasteiger partial charge in [0.05, 0.1) is 0 Å². The summed E-state index contributed by atoms with van der Waals surface area (Å²) in [6.07, 6.45) is 2.10. The first-order valence-corrected chi connectivity index (χ1v) is 9.22. The van der Waals surface area contributed by atoms with Gasteiger partial charge in [0.1, 0.15) is 0 Å². The van der Waals surface area contributed by atoms with Gasteiger partial charge >= 0.3 is 0 Å². The van der Waals surface area contributed by atoms with Crippen molar-refractivity contribution >= 4 is 36.4 Å². The van der Waals surface area contributed by atoms with E-state index in [2.05, 4.69) is 46.6 Å². The number of fused-ring (bicyclic) bond motifs is 1. The molecule has 0 spiro atoms. The highest BCUT2D eigenvalue weighted by molar-refractivity contribution is 5.97. The largest absolute Gasteiger partial charge is 0.385 e. The fourth-order valence-corrected chi connectivity index (χ4v) is 3.83. The Bertz CT molecular complexity index is 746. The third kappa shape index (κ3) is 4.95. The summed E-state index contributed by atoms with van der Waals surface area (Å²) in [6, 6.07) is 16.6. The summed E-state index contributed by atoms with van der Waals surface area (Å²) in [5.41, 5.74) is 4.57. The Balaban J connectivity index is 0.00000131. The van der Waals surface area contributed by atoms with Gasteiger partial charge in [-0.25, -0.2) is 0 Å². The van der Waals surface area contributed by atoms with Gasteiger partial charge in [0.25, 0.3) is 5.91 Å². The molecule has 2 aromatic rings. The molecular formula is C21H27Cl2N3O. The van der Waals surface area contributed by atoms with Crippen LogP contribution in [0.2, 0.25) is 0 Å². The number of rotatable bonds is 3. The maximum Gasteiger partial charge on any atom is 0.254 e. The lowest BCUT2D eigenvalue weighted by molar-refractivity contribution is 0.0627. The van der Waals surface area contributed by atoms with Gasteiger partial charge in [-0.3, -0.25) is 9.69 Å². The Morgan fingerprint density at radius 2 is 1.67 bits per heavy atom. The molecule has 2 heterocycles. The number of hydrogen-bond acceptors (Lipinski definition) is 3. The average molecular weight is 408 g/mol. The molecule has 0 bridgehead atoms. The Kier molecular flexibility index (Phi) is 7.96. The molecule has 1 amide bonds. The predicted molar refractivity (Wildman–Crippen MR) is 115 cm³/mol. The van der Waals surface area contributed by atoms with Gasteiger partial charge in [0.2, 0.25) is 0 Å². The maximum absolute atomic E-state index is 13.0. The van der Waals surface area contributed by atoms with Gasteiger partial charge in [0.15, 0.2) is 0 Å². The molecule has 0 radical (unpaired) electrons. The molecule has 4 nitrogen and oxygen atoms in total. The summed E-state index contributed by atoms with van der Waals surface area (Å²) < 4.78 is 0. The number of anilines is 1. The standard InChI is InChI=1S/C21H25N3O.2ClH/c25-21(19-8-4-10-20-18(19)9-5-11-22-20)24-14-12-23(13-15-24)16-17-6-2-1-3-7-17;;/h1-4,6-8,10,22H,5,9,11-16H2;2*1H. The number of benzene rings is 2. The molecule has 2 aliphatic rings. The van der Waals surface area contributed by atoms with Crippen LogP contribution in [0.1, 0.15) is 27.9 Å². The normalized spacial score (nSPS) is 16.4. The summed E-state index contributed by atoms with van der Waals surface area (Å²) in [4.78, 5) is 17.5. The Morgan fingerprint density at radius 1 is 0.926 bits per heavy atom. The number of carbonyl (C=O) groups excluding carboxylic acids is 1. The van der Waals surface area contributed by atoms with E-state index in [0.717, 1.165) is 63.4 Å². The van der Waals surface area contributed by atoms with Crippen molar-refractivity contribution in [1.82, 2.24) is 9.80 Å². The highest BCUT2D eigenvalue weighted by atomic mass is 35.5. The number of amides is 1. The number of hydrogen-bond donors (Lipinski definition) is 1. The molecule has 1 saturated heterocycles. The van der Waals surface area contributed by atoms with E-state index in [-0.39, 0.29) is 30.7 Å². The lowest BCUT2D eigenvalue weighted by atomic mass is 9.96. The van der Waals surface area contributed by atoms with Crippen molar-refractivity contribution in [3.05, 3.63) is 65.2 Å². The van der Waals surface area contributed by atoms with Crippen molar-refractivity contribution in [2.75, 3.05) is 38.0 Å². The van der Waals surface area contributed by atoms with E-state index >= 15 is 0 Å². The zero-order valence-electron chi connectivity index (χ0n) is 15.4. The summed E-state index contributed by atoms with van der Waals surface area (Å²) in [7, 11) is 0. The van der Waals surface area contributed by atoms with E-state index in [1.165, 1.54) is 11.1 Å². The highest BCUT2D eigenvalue weighted by Crippen LogP contribution is 2.26. The van der Waals surface area contributed by atoms with Crippen LogP contribution in [0.25, 0.3) is 0 Å². The molecule has 0 saturated carbocycles. The Hall–Kier alpha value is -1.75. The summed E-state index contributed by atoms with van der Waals surface area (Å²) in [6.45, 7) is 5.46. The lowest BCUT2D eigenvalue weighted by Crippen LogP contribution is -2.48. The van der Waals surface area contributed by atoms with E-state index in [1.807, 2.05) is 17.0 Å². The number of halogens is 2. The first-order valence-electron chi connectivity index (χ1n) is 9.22. The van der Waals surface area contributed by atoms with Crippen molar-refractivity contribution in [2.24, 2.45) is 0 Å². The van der Waals surface area contributed by atoms with E-state index in [9.17, 15) is 4.79 Å². The van der Waals surface area contributed by atoms with Crippen LogP contribution in [0.4, 0.5) is 5.69 Å². The molecule has 1 fully saturated rings. The summed E-state index contributed by atoms with van der Waals surface area (Å²) in [5.74, 6) is 0.194. The zero-order chi connectivity index (χ0) is 17.1. The van der Waals surface area contributed by atoms with Gasteiger partial charge in [-0.1, -0.05) is 36.4 Å².